The highest BCUT2D eigenvalue weighted by atomic mass is 32.1. The van der Waals surface area contributed by atoms with Gasteiger partial charge in [-0.3, -0.25) is 0 Å². The first-order chi connectivity index (χ1) is 7.59. The van der Waals surface area contributed by atoms with Crippen molar-refractivity contribution in [3.05, 3.63) is 21.9 Å². The Morgan fingerprint density at radius 3 is 2.69 bits per heavy atom. The molecule has 0 aromatic carbocycles. The Kier molecular flexibility index (Phi) is 4.54. The summed E-state index contributed by atoms with van der Waals surface area (Å²) in [6.45, 7) is 6.59. The second-order valence-corrected chi connectivity index (χ2v) is 5.24. The van der Waals surface area contributed by atoms with E-state index in [2.05, 4.69) is 20.8 Å². The predicted molar refractivity (Wildman–Crippen MR) is 68.2 cm³/mol. The lowest BCUT2D eigenvalue weighted by molar-refractivity contribution is 0.0598. The molecule has 0 aliphatic carbocycles. The lowest BCUT2D eigenvalue weighted by Gasteiger charge is -2.27. The second kappa shape index (κ2) is 5.48. The Labute approximate surface area is 102 Å². The molecule has 0 saturated heterocycles. The third-order valence-corrected chi connectivity index (χ3v) is 4.42. The number of hydrogen-bond donors (Lipinski definition) is 0. The lowest BCUT2D eigenvalue weighted by atomic mass is 9.80. The highest BCUT2D eigenvalue weighted by molar-refractivity contribution is 7.10. The molecule has 0 fully saturated rings. The summed E-state index contributed by atoms with van der Waals surface area (Å²) in [4.78, 5) is 12.8. The molecule has 1 aromatic rings. The monoisotopic (exact) mass is 240 g/mol. The maximum absolute atomic E-state index is 11.6. The van der Waals surface area contributed by atoms with E-state index in [-0.39, 0.29) is 11.4 Å². The minimum atomic E-state index is -0.216. The van der Waals surface area contributed by atoms with Gasteiger partial charge in [-0.05, 0) is 24.3 Å². The van der Waals surface area contributed by atoms with Crippen molar-refractivity contribution in [3.8, 4) is 0 Å². The third kappa shape index (κ3) is 2.46. The quantitative estimate of drug-likeness (QED) is 0.727. The summed E-state index contributed by atoms with van der Waals surface area (Å²) < 4.78 is 4.82. The number of hydrogen-bond acceptors (Lipinski definition) is 3. The Morgan fingerprint density at radius 1 is 1.50 bits per heavy atom. The zero-order chi connectivity index (χ0) is 12.2. The molecule has 1 unspecified atom stereocenters. The van der Waals surface area contributed by atoms with Gasteiger partial charge in [0, 0.05) is 10.3 Å². The molecule has 0 radical (unpaired) electrons. The van der Waals surface area contributed by atoms with Crippen LogP contribution in [0.1, 0.15) is 55.3 Å². The summed E-state index contributed by atoms with van der Waals surface area (Å²) in [5.41, 5.74) is 0.845. The Morgan fingerprint density at radius 2 is 2.19 bits per heavy atom. The predicted octanol–water partition coefficient (Wildman–Crippen LogP) is 4.00. The highest BCUT2D eigenvalue weighted by Crippen LogP contribution is 2.38. The molecule has 0 N–H and O–H groups in total. The van der Waals surface area contributed by atoms with Crippen molar-refractivity contribution in [1.82, 2.24) is 0 Å². The summed E-state index contributed by atoms with van der Waals surface area (Å²) in [5, 5.41) is 1.98. The average molecular weight is 240 g/mol. The molecule has 16 heavy (non-hydrogen) atoms. The van der Waals surface area contributed by atoms with E-state index in [1.165, 1.54) is 12.0 Å². The number of carbonyl (C=O) groups excluding carboxylic acids is 1. The number of methoxy groups -OCH3 is 1. The van der Waals surface area contributed by atoms with Crippen LogP contribution in [0.5, 0.6) is 0 Å². The molecule has 2 nitrogen and oxygen atoms in total. The van der Waals surface area contributed by atoms with Crippen LogP contribution in [0.25, 0.3) is 0 Å². The SMILES string of the molecule is CCCC(C)(CC)c1sccc1C(=O)OC. The normalized spacial score (nSPS) is 14.5. The highest BCUT2D eigenvalue weighted by Gasteiger charge is 2.30. The number of ether oxygens (including phenoxy) is 1. The van der Waals surface area contributed by atoms with Crippen molar-refractivity contribution < 1.29 is 9.53 Å². The van der Waals surface area contributed by atoms with Crippen molar-refractivity contribution in [2.24, 2.45) is 0 Å². The van der Waals surface area contributed by atoms with Gasteiger partial charge in [-0.15, -0.1) is 11.3 Å². The summed E-state index contributed by atoms with van der Waals surface area (Å²) in [6, 6.07) is 1.87. The number of rotatable bonds is 5. The molecule has 0 aliphatic heterocycles. The Bertz CT molecular complexity index is 357. The van der Waals surface area contributed by atoms with Crippen LogP contribution in [0.4, 0.5) is 0 Å². The van der Waals surface area contributed by atoms with Crippen LogP contribution in [0.15, 0.2) is 11.4 Å². The van der Waals surface area contributed by atoms with E-state index in [0.29, 0.717) is 0 Å². The van der Waals surface area contributed by atoms with Crippen LogP contribution in [-0.2, 0) is 10.2 Å². The molecule has 3 heteroatoms. The largest absolute Gasteiger partial charge is 0.465 e. The van der Waals surface area contributed by atoms with Gasteiger partial charge in [-0.25, -0.2) is 4.79 Å². The molecule has 0 amide bonds. The van der Waals surface area contributed by atoms with E-state index in [1.54, 1.807) is 11.3 Å². The van der Waals surface area contributed by atoms with Crippen molar-refractivity contribution >= 4 is 17.3 Å². The Balaban J connectivity index is 3.10. The van der Waals surface area contributed by atoms with E-state index in [0.717, 1.165) is 24.8 Å². The molecule has 0 bridgehead atoms. The van der Waals surface area contributed by atoms with Crippen LogP contribution < -0.4 is 0 Å². The molecule has 90 valence electrons. The smallest absolute Gasteiger partial charge is 0.339 e. The molecule has 0 spiro atoms. The van der Waals surface area contributed by atoms with Crippen LogP contribution in [-0.4, -0.2) is 13.1 Å². The standard InChI is InChI=1S/C13H20O2S/c1-5-8-13(3,6-2)11-10(7-9-16-11)12(14)15-4/h7,9H,5-6,8H2,1-4H3. The molecular formula is C13H20O2S. The van der Waals surface area contributed by atoms with Gasteiger partial charge in [-0.1, -0.05) is 27.2 Å². The fraction of sp³-hybridized carbons (Fsp3) is 0.615. The van der Waals surface area contributed by atoms with Gasteiger partial charge in [0.2, 0.25) is 0 Å². The number of carbonyl (C=O) groups is 1. The van der Waals surface area contributed by atoms with Gasteiger partial charge in [0.05, 0.1) is 12.7 Å². The summed E-state index contributed by atoms with van der Waals surface area (Å²) in [7, 11) is 1.44. The molecule has 1 aromatic heterocycles. The van der Waals surface area contributed by atoms with Gasteiger partial charge >= 0.3 is 5.97 Å². The van der Waals surface area contributed by atoms with Crippen LogP contribution in [0, 0.1) is 0 Å². The van der Waals surface area contributed by atoms with Gasteiger partial charge in [0.25, 0.3) is 0 Å². The van der Waals surface area contributed by atoms with Gasteiger partial charge < -0.3 is 4.74 Å². The minimum absolute atomic E-state index is 0.104. The zero-order valence-corrected chi connectivity index (χ0v) is 11.3. The fourth-order valence-corrected chi connectivity index (χ4v) is 3.20. The fourth-order valence-electron chi connectivity index (χ4n) is 2.05. The first-order valence-corrected chi connectivity index (χ1v) is 6.63. The van der Waals surface area contributed by atoms with E-state index in [4.69, 9.17) is 4.74 Å². The van der Waals surface area contributed by atoms with E-state index >= 15 is 0 Å². The van der Waals surface area contributed by atoms with Crippen molar-refractivity contribution in [1.29, 1.82) is 0 Å². The minimum Gasteiger partial charge on any atom is -0.465 e. The number of thiophene rings is 1. The third-order valence-electron chi connectivity index (χ3n) is 3.20. The van der Waals surface area contributed by atoms with Crippen LogP contribution >= 0.6 is 11.3 Å². The van der Waals surface area contributed by atoms with E-state index < -0.39 is 0 Å². The molecule has 1 atom stereocenters. The summed E-state index contributed by atoms with van der Waals surface area (Å²) in [5.74, 6) is -0.216. The van der Waals surface area contributed by atoms with Crippen LogP contribution in [0.2, 0.25) is 0 Å². The maximum Gasteiger partial charge on any atom is 0.339 e. The number of esters is 1. The molecule has 1 rings (SSSR count). The molecular weight excluding hydrogens is 220 g/mol. The van der Waals surface area contributed by atoms with Crippen molar-refractivity contribution in [3.63, 3.8) is 0 Å². The molecule has 1 heterocycles. The van der Waals surface area contributed by atoms with Gasteiger partial charge in [0.15, 0.2) is 0 Å². The lowest BCUT2D eigenvalue weighted by Crippen LogP contribution is -2.22. The average Bonchev–Trinajstić information content (AvgIpc) is 2.77. The first-order valence-electron chi connectivity index (χ1n) is 5.75. The first kappa shape index (κ1) is 13.2. The summed E-state index contributed by atoms with van der Waals surface area (Å²) >= 11 is 1.66. The van der Waals surface area contributed by atoms with Gasteiger partial charge in [-0.2, -0.15) is 0 Å². The van der Waals surface area contributed by atoms with E-state index in [9.17, 15) is 4.79 Å². The van der Waals surface area contributed by atoms with E-state index in [1.807, 2.05) is 11.4 Å². The maximum atomic E-state index is 11.6. The van der Waals surface area contributed by atoms with Crippen LogP contribution in [0.3, 0.4) is 0 Å². The summed E-state index contributed by atoms with van der Waals surface area (Å²) in [6.07, 6.45) is 3.28. The molecule has 0 aliphatic rings. The topological polar surface area (TPSA) is 26.3 Å². The Hall–Kier alpha value is -0.830. The van der Waals surface area contributed by atoms with Crippen molar-refractivity contribution in [2.45, 2.75) is 45.4 Å². The zero-order valence-electron chi connectivity index (χ0n) is 10.5. The van der Waals surface area contributed by atoms with Gasteiger partial charge in [0.1, 0.15) is 0 Å². The second-order valence-electron chi connectivity index (χ2n) is 4.32. The van der Waals surface area contributed by atoms with Crippen molar-refractivity contribution in [2.75, 3.05) is 7.11 Å². The molecule has 0 saturated carbocycles.